The minimum Gasteiger partial charge on any atom is -0.354 e. The quantitative estimate of drug-likeness (QED) is 0.362. The molecule has 0 saturated heterocycles. The number of fused-ring (bicyclic) bond motifs is 6. The maximum absolute atomic E-state index is 6.37. The molecule has 6 rings (SSSR count). The molecule has 3 N–H and O–H groups in total. The molecule has 4 aromatic carbocycles. The van der Waals surface area contributed by atoms with E-state index in [1.54, 1.807) is 4.68 Å². The number of para-hydroxylation sites is 2. The van der Waals surface area contributed by atoms with Crippen LogP contribution in [0.15, 0.2) is 84.9 Å². The van der Waals surface area contributed by atoms with E-state index in [2.05, 4.69) is 83.8 Å². The molecular weight excluding hydrogens is 330 g/mol. The molecule has 0 aliphatic rings. The fourth-order valence-corrected chi connectivity index (χ4v) is 4.21. The Morgan fingerprint density at radius 2 is 1.19 bits per heavy atom. The van der Waals surface area contributed by atoms with Crippen LogP contribution in [0, 0.1) is 0 Å². The molecule has 0 saturated carbocycles. The topological polar surface area (TPSA) is 46.7 Å². The highest BCUT2D eigenvalue weighted by Gasteiger charge is 2.11. The standard InChI is InChI=1S/C24H17N3/c25-27-23-8-4-2-6-19(23)20-12-10-16(14-24(20)27)15-9-11-18-17-5-1-3-7-21(17)26-22(18)13-15/h1-14,26H,25H2. The SMILES string of the molecule is Nn1c2ccccc2c2ccc(-c3ccc4c(c3)[nH]c3ccccc34)cc21. The average Bonchev–Trinajstić information content (AvgIpc) is 3.23. The Hall–Kier alpha value is -3.72. The van der Waals surface area contributed by atoms with Crippen molar-refractivity contribution in [2.24, 2.45) is 0 Å². The summed E-state index contributed by atoms with van der Waals surface area (Å²) in [6.45, 7) is 0. The highest BCUT2D eigenvalue weighted by molar-refractivity contribution is 6.10. The minimum atomic E-state index is 1.05. The summed E-state index contributed by atoms with van der Waals surface area (Å²) in [5, 5.41) is 4.89. The van der Waals surface area contributed by atoms with Crippen LogP contribution in [-0.4, -0.2) is 9.66 Å². The third kappa shape index (κ3) is 1.97. The van der Waals surface area contributed by atoms with Gasteiger partial charge in [0.25, 0.3) is 0 Å². The molecule has 3 nitrogen and oxygen atoms in total. The number of aromatic amines is 1. The number of hydrogen-bond acceptors (Lipinski definition) is 1. The number of nitrogens with two attached hydrogens (primary N) is 1. The zero-order valence-electron chi connectivity index (χ0n) is 14.6. The van der Waals surface area contributed by atoms with Gasteiger partial charge in [0.1, 0.15) is 0 Å². The molecule has 0 amide bonds. The van der Waals surface area contributed by atoms with Gasteiger partial charge in [-0.3, -0.25) is 4.68 Å². The second-order valence-electron chi connectivity index (χ2n) is 7.05. The molecule has 0 spiro atoms. The van der Waals surface area contributed by atoms with Gasteiger partial charge < -0.3 is 10.8 Å². The normalized spacial score (nSPS) is 11.9. The molecule has 0 fully saturated rings. The molecule has 0 atom stereocenters. The van der Waals surface area contributed by atoms with Gasteiger partial charge in [0.2, 0.25) is 0 Å². The highest BCUT2D eigenvalue weighted by Crippen LogP contribution is 2.33. The van der Waals surface area contributed by atoms with Crippen molar-refractivity contribution in [3.8, 4) is 11.1 Å². The average molecular weight is 347 g/mol. The molecule has 128 valence electrons. The lowest BCUT2D eigenvalue weighted by atomic mass is 10.0. The predicted molar refractivity (Wildman–Crippen MR) is 114 cm³/mol. The van der Waals surface area contributed by atoms with Gasteiger partial charge >= 0.3 is 0 Å². The zero-order valence-corrected chi connectivity index (χ0v) is 14.6. The van der Waals surface area contributed by atoms with Gasteiger partial charge in [0.05, 0.1) is 11.0 Å². The van der Waals surface area contributed by atoms with E-state index in [9.17, 15) is 0 Å². The summed E-state index contributed by atoms with van der Waals surface area (Å²) in [6.07, 6.45) is 0. The van der Waals surface area contributed by atoms with E-state index < -0.39 is 0 Å². The Labute approximate surface area is 155 Å². The number of nitrogen functional groups attached to an aromatic ring is 1. The Balaban J connectivity index is 1.59. The largest absolute Gasteiger partial charge is 0.354 e. The Bertz CT molecular complexity index is 1480. The van der Waals surface area contributed by atoms with Crippen molar-refractivity contribution in [2.45, 2.75) is 0 Å². The van der Waals surface area contributed by atoms with E-state index in [0.717, 1.165) is 22.1 Å². The van der Waals surface area contributed by atoms with Crippen molar-refractivity contribution in [3.63, 3.8) is 0 Å². The lowest BCUT2D eigenvalue weighted by Gasteiger charge is -2.04. The van der Waals surface area contributed by atoms with Crippen LogP contribution in [0.1, 0.15) is 0 Å². The lowest BCUT2D eigenvalue weighted by Crippen LogP contribution is -2.06. The molecule has 0 unspecified atom stereocenters. The van der Waals surface area contributed by atoms with Gasteiger partial charge in [0.15, 0.2) is 0 Å². The number of H-pyrrole nitrogens is 1. The molecule has 6 aromatic rings. The Morgan fingerprint density at radius 3 is 2.07 bits per heavy atom. The van der Waals surface area contributed by atoms with Gasteiger partial charge in [0, 0.05) is 32.6 Å². The van der Waals surface area contributed by atoms with Crippen LogP contribution in [-0.2, 0) is 0 Å². The molecule has 0 radical (unpaired) electrons. The van der Waals surface area contributed by atoms with Crippen LogP contribution in [0.4, 0.5) is 0 Å². The maximum Gasteiger partial charge on any atom is 0.0709 e. The van der Waals surface area contributed by atoms with Crippen LogP contribution in [0.25, 0.3) is 54.7 Å². The first-order valence-electron chi connectivity index (χ1n) is 9.09. The fourth-order valence-electron chi connectivity index (χ4n) is 4.21. The molecule has 3 heteroatoms. The molecule has 0 aliphatic carbocycles. The van der Waals surface area contributed by atoms with E-state index in [4.69, 9.17) is 5.84 Å². The molecule has 2 heterocycles. The zero-order chi connectivity index (χ0) is 18.0. The van der Waals surface area contributed by atoms with Crippen molar-refractivity contribution in [1.82, 2.24) is 9.66 Å². The summed E-state index contributed by atoms with van der Waals surface area (Å²) in [5.41, 5.74) is 6.77. The van der Waals surface area contributed by atoms with Crippen molar-refractivity contribution in [3.05, 3.63) is 84.9 Å². The van der Waals surface area contributed by atoms with Crippen LogP contribution < -0.4 is 5.84 Å². The first kappa shape index (κ1) is 14.4. The number of rotatable bonds is 1. The molecular formula is C24H17N3. The number of nitrogens with zero attached hydrogens (tertiary/aromatic N) is 1. The van der Waals surface area contributed by atoms with Crippen LogP contribution >= 0.6 is 0 Å². The summed E-state index contributed by atoms with van der Waals surface area (Å²) in [5.74, 6) is 6.37. The third-order valence-electron chi connectivity index (χ3n) is 5.55. The van der Waals surface area contributed by atoms with Crippen LogP contribution in [0.5, 0.6) is 0 Å². The van der Waals surface area contributed by atoms with Crippen molar-refractivity contribution >= 4 is 43.6 Å². The molecule has 27 heavy (non-hydrogen) atoms. The van der Waals surface area contributed by atoms with E-state index in [-0.39, 0.29) is 0 Å². The van der Waals surface area contributed by atoms with E-state index in [1.165, 1.54) is 32.6 Å². The predicted octanol–water partition coefficient (Wildman–Crippen LogP) is 5.81. The van der Waals surface area contributed by atoms with Crippen LogP contribution in [0.2, 0.25) is 0 Å². The van der Waals surface area contributed by atoms with Gasteiger partial charge in [-0.2, -0.15) is 0 Å². The monoisotopic (exact) mass is 347 g/mol. The summed E-state index contributed by atoms with van der Waals surface area (Å²) in [7, 11) is 0. The van der Waals surface area contributed by atoms with Crippen molar-refractivity contribution in [2.75, 3.05) is 5.84 Å². The Morgan fingerprint density at radius 1 is 0.556 bits per heavy atom. The first-order valence-corrected chi connectivity index (χ1v) is 9.09. The smallest absolute Gasteiger partial charge is 0.0709 e. The molecule has 0 aliphatic heterocycles. The van der Waals surface area contributed by atoms with Crippen LogP contribution in [0.3, 0.4) is 0 Å². The summed E-state index contributed by atoms with van der Waals surface area (Å²) < 4.78 is 1.79. The number of aromatic nitrogens is 2. The Kier molecular flexibility index (Phi) is 2.75. The first-order chi connectivity index (χ1) is 13.3. The van der Waals surface area contributed by atoms with Gasteiger partial charge in [-0.1, -0.05) is 60.7 Å². The number of benzene rings is 4. The van der Waals surface area contributed by atoms with Crippen molar-refractivity contribution < 1.29 is 0 Å². The molecule has 0 bridgehead atoms. The van der Waals surface area contributed by atoms with E-state index in [1.807, 2.05) is 6.07 Å². The summed E-state index contributed by atoms with van der Waals surface area (Å²) in [6, 6.07) is 29.8. The number of hydrogen-bond donors (Lipinski definition) is 2. The molecule has 2 aromatic heterocycles. The number of nitrogens with one attached hydrogen (secondary N) is 1. The van der Waals surface area contributed by atoms with Gasteiger partial charge in [-0.25, -0.2) is 0 Å². The minimum absolute atomic E-state index is 1.05. The third-order valence-corrected chi connectivity index (χ3v) is 5.55. The lowest BCUT2D eigenvalue weighted by molar-refractivity contribution is 1.12. The van der Waals surface area contributed by atoms with Gasteiger partial charge in [-0.15, -0.1) is 0 Å². The fraction of sp³-hybridized carbons (Fsp3) is 0. The van der Waals surface area contributed by atoms with Crippen molar-refractivity contribution in [1.29, 1.82) is 0 Å². The van der Waals surface area contributed by atoms with E-state index in [0.29, 0.717) is 0 Å². The summed E-state index contributed by atoms with van der Waals surface area (Å²) in [4.78, 5) is 3.53. The second kappa shape index (κ2) is 5.15. The van der Waals surface area contributed by atoms with Gasteiger partial charge in [-0.05, 0) is 35.4 Å². The second-order valence-corrected chi connectivity index (χ2v) is 7.05. The van der Waals surface area contributed by atoms with E-state index >= 15 is 0 Å². The maximum atomic E-state index is 6.37. The highest BCUT2D eigenvalue weighted by atomic mass is 15.3. The summed E-state index contributed by atoms with van der Waals surface area (Å²) >= 11 is 0.